The Morgan fingerprint density at radius 2 is 1.58 bits per heavy atom. The van der Waals surface area contributed by atoms with Crippen LogP contribution in [0.25, 0.3) is 0 Å². The normalized spacial score (nSPS) is 9.50. The number of nitrogens with zero attached hydrogens (tertiary/aromatic N) is 1. The number of hydrogen-bond acceptors (Lipinski definition) is 2. The van der Waals surface area contributed by atoms with Crippen molar-refractivity contribution < 1.29 is 0 Å². The maximum absolute atomic E-state index is 5.03. The Morgan fingerprint density at radius 3 is 1.83 bits per heavy atom. The highest BCUT2D eigenvalue weighted by molar-refractivity contribution is 4.44. The van der Waals surface area contributed by atoms with Gasteiger partial charge in [0.05, 0.1) is 0 Å². The highest BCUT2D eigenvalue weighted by atomic mass is 15.1. The summed E-state index contributed by atoms with van der Waals surface area (Å²) < 4.78 is 0. The molecular formula is C10H26N2. The van der Waals surface area contributed by atoms with E-state index in [2.05, 4.69) is 32.7 Å². The van der Waals surface area contributed by atoms with Crippen molar-refractivity contribution in [3.8, 4) is 0 Å². The van der Waals surface area contributed by atoms with Crippen molar-refractivity contribution in [3.05, 3.63) is 0 Å². The molecule has 2 N–H and O–H groups in total. The van der Waals surface area contributed by atoms with Gasteiger partial charge in [-0.3, -0.25) is 0 Å². The third-order valence-corrected chi connectivity index (χ3v) is 1.72. The molecule has 0 amide bonds. The third kappa shape index (κ3) is 16.5. The summed E-state index contributed by atoms with van der Waals surface area (Å²) in [6, 6.07) is 0. The van der Waals surface area contributed by atoms with Crippen molar-refractivity contribution in [2.24, 2.45) is 5.73 Å². The zero-order valence-electron chi connectivity index (χ0n) is 9.27. The minimum Gasteiger partial charge on any atom is -0.330 e. The van der Waals surface area contributed by atoms with Gasteiger partial charge in [0.2, 0.25) is 0 Å². The monoisotopic (exact) mass is 174 g/mol. The standard InChI is InChI=1S/C7H17N.C3H9N/c1-4-6-7-8(3)5-2;1-2-3-4/h4-7H2,1-3H3;2-4H2,1H3. The average Bonchev–Trinajstić information content (AvgIpc) is 2.14. The van der Waals surface area contributed by atoms with Gasteiger partial charge in [0.25, 0.3) is 0 Å². The van der Waals surface area contributed by atoms with E-state index in [0.29, 0.717) is 0 Å². The molecule has 0 saturated carbocycles. The van der Waals surface area contributed by atoms with E-state index in [4.69, 9.17) is 5.73 Å². The molecule has 0 aliphatic heterocycles. The average molecular weight is 174 g/mol. The molecular weight excluding hydrogens is 148 g/mol. The molecule has 0 unspecified atom stereocenters. The second-order valence-electron chi connectivity index (χ2n) is 3.04. The third-order valence-electron chi connectivity index (χ3n) is 1.72. The van der Waals surface area contributed by atoms with Crippen LogP contribution in [0.5, 0.6) is 0 Å². The molecule has 0 aliphatic carbocycles. The first-order valence-corrected chi connectivity index (χ1v) is 5.11. The van der Waals surface area contributed by atoms with E-state index in [1.54, 1.807) is 0 Å². The summed E-state index contributed by atoms with van der Waals surface area (Å²) in [5.74, 6) is 0. The van der Waals surface area contributed by atoms with E-state index in [9.17, 15) is 0 Å². The van der Waals surface area contributed by atoms with E-state index in [1.165, 1.54) is 25.9 Å². The fraction of sp³-hybridized carbons (Fsp3) is 1.00. The lowest BCUT2D eigenvalue weighted by Crippen LogP contribution is -2.18. The molecule has 0 heterocycles. The fourth-order valence-corrected chi connectivity index (χ4v) is 0.586. The largest absolute Gasteiger partial charge is 0.330 e. The molecule has 0 aromatic rings. The van der Waals surface area contributed by atoms with E-state index in [0.717, 1.165) is 13.0 Å². The summed E-state index contributed by atoms with van der Waals surface area (Å²) in [7, 11) is 2.16. The second kappa shape index (κ2) is 13.5. The number of hydrogen-bond donors (Lipinski definition) is 1. The van der Waals surface area contributed by atoms with Gasteiger partial charge in [-0.15, -0.1) is 0 Å². The highest BCUT2D eigenvalue weighted by Gasteiger charge is 1.89. The van der Waals surface area contributed by atoms with Crippen molar-refractivity contribution in [1.29, 1.82) is 0 Å². The second-order valence-corrected chi connectivity index (χ2v) is 3.04. The molecule has 0 aromatic heterocycles. The van der Waals surface area contributed by atoms with Gasteiger partial charge in [0.1, 0.15) is 0 Å². The van der Waals surface area contributed by atoms with Crippen LogP contribution >= 0.6 is 0 Å². The molecule has 76 valence electrons. The minimum absolute atomic E-state index is 0.819. The Kier molecular flexibility index (Phi) is 16.3. The summed E-state index contributed by atoms with van der Waals surface area (Å²) in [4.78, 5) is 2.34. The van der Waals surface area contributed by atoms with Gasteiger partial charge in [0, 0.05) is 0 Å². The highest BCUT2D eigenvalue weighted by Crippen LogP contribution is 1.89. The predicted octanol–water partition coefficient (Wildman–Crippen LogP) is 2.09. The van der Waals surface area contributed by atoms with E-state index in [1.807, 2.05) is 0 Å². The number of nitrogens with two attached hydrogens (primary N) is 1. The number of unbranched alkanes of at least 4 members (excludes halogenated alkanes) is 1. The molecule has 12 heavy (non-hydrogen) atoms. The van der Waals surface area contributed by atoms with Crippen LogP contribution < -0.4 is 5.73 Å². The van der Waals surface area contributed by atoms with Gasteiger partial charge >= 0.3 is 0 Å². The van der Waals surface area contributed by atoms with Crippen LogP contribution in [0.15, 0.2) is 0 Å². The molecule has 0 atom stereocenters. The fourth-order valence-electron chi connectivity index (χ4n) is 0.586. The van der Waals surface area contributed by atoms with E-state index < -0.39 is 0 Å². The van der Waals surface area contributed by atoms with Gasteiger partial charge < -0.3 is 10.6 Å². The molecule has 0 radical (unpaired) electrons. The first-order valence-electron chi connectivity index (χ1n) is 5.11. The zero-order chi connectivity index (χ0) is 9.82. The summed E-state index contributed by atoms with van der Waals surface area (Å²) in [6.45, 7) is 9.73. The maximum Gasteiger partial charge on any atom is -0.00220 e. The van der Waals surface area contributed by atoms with Crippen LogP contribution in [0.1, 0.15) is 40.0 Å². The number of rotatable bonds is 5. The quantitative estimate of drug-likeness (QED) is 0.691. The molecule has 0 fully saturated rings. The van der Waals surface area contributed by atoms with Crippen LogP contribution in [-0.4, -0.2) is 31.6 Å². The predicted molar refractivity (Wildman–Crippen MR) is 57.4 cm³/mol. The molecule has 2 heteroatoms. The lowest BCUT2D eigenvalue weighted by Gasteiger charge is -2.11. The Labute approximate surface area is 78.1 Å². The first kappa shape index (κ1) is 14.4. The Balaban J connectivity index is 0. The lowest BCUT2D eigenvalue weighted by atomic mass is 10.3. The smallest absolute Gasteiger partial charge is 0.00220 e. The topological polar surface area (TPSA) is 29.3 Å². The SMILES string of the molecule is CCCCN(C)CC.CCCN. The Bertz CT molecular complexity index is 62.9. The van der Waals surface area contributed by atoms with Crippen molar-refractivity contribution >= 4 is 0 Å². The van der Waals surface area contributed by atoms with Gasteiger partial charge in [-0.2, -0.15) is 0 Å². The van der Waals surface area contributed by atoms with Crippen LogP contribution in [0.4, 0.5) is 0 Å². The van der Waals surface area contributed by atoms with Gasteiger partial charge in [0.15, 0.2) is 0 Å². The van der Waals surface area contributed by atoms with E-state index in [-0.39, 0.29) is 0 Å². The minimum atomic E-state index is 0.819. The molecule has 2 nitrogen and oxygen atoms in total. The lowest BCUT2D eigenvalue weighted by molar-refractivity contribution is 0.346. The van der Waals surface area contributed by atoms with Crippen molar-refractivity contribution in [3.63, 3.8) is 0 Å². The van der Waals surface area contributed by atoms with Crippen LogP contribution in [-0.2, 0) is 0 Å². The maximum atomic E-state index is 5.03. The van der Waals surface area contributed by atoms with Crippen molar-refractivity contribution in [2.75, 3.05) is 26.7 Å². The summed E-state index contributed by atoms with van der Waals surface area (Å²) >= 11 is 0. The van der Waals surface area contributed by atoms with Crippen LogP contribution in [0.3, 0.4) is 0 Å². The summed E-state index contributed by atoms with van der Waals surface area (Å²) in [6.07, 6.45) is 3.74. The molecule has 0 spiro atoms. The van der Waals surface area contributed by atoms with Crippen molar-refractivity contribution in [2.45, 2.75) is 40.0 Å². The van der Waals surface area contributed by atoms with Gasteiger partial charge in [-0.1, -0.05) is 27.2 Å². The molecule has 0 rings (SSSR count). The molecule has 0 aromatic carbocycles. The Hall–Kier alpha value is -0.0800. The molecule has 0 bridgehead atoms. The Morgan fingerprint density at radius 1 is 1.08 bits per heavy atom. The summed E-state index contributed by atoms with van der Waals surface area (Å²) in [5.41, 5.74) is 5.03. The van der Waals surface area contributed by atoms with Crippen molar-refractivity contribution in [1.82, 2.24) is 4.90 Å². The van der Waals surface area contributed by atoms with Crippen LogP contribution in [0, 0.1) is 0 Å². The van der Waals surface area contributed by atoms with Crippen LogP contribution in [0.2, 0.25) is 0 Å². The van der Waals surface area contributed by atoms with Gasteiger partial charge in [-0.25, -0.2) is 0 Å². The summed E-state index contributed by atoms with van der Waals surface area (Å²) in [5, 5.41) is 0. The zero-order valence-corrected chi connectivity index (χ0v) is 9.27. The molecule has 0 aliphatic rings. The molecule has 0 saturated heterocycles. The van der Waals surface area contributed by atoms with E-state index >= 15 is 0 Å². The van der Waals surface area contributed by atoms with Gasteiger partial charge in [-0.05, 0) is 39.5 Å². The first-order chi connectivity index (χ1) is 5.72.